The van der Waals surface area contributed by atoms with Crippen LogP contribution in [-0.4, -0.2) is 50.2 Å². The minimum absolute atomic E-state index is 0.112. The van der Waals surface area contributed by atoms with E-state index in [9.17, 15) is 4.79 Å². The number of nitrogens with one attached hydrogen (secondary N) is 1. The van der Waals surface area contributed by atoms with Crippen LogP contribution in [0.25, 0.3) is 0 Å². The van der Waals surface area contributed by atoms with E-state index in [1.54, 1.807) is 0 Å². The van der Waals surface area contributed by atoms with E-state index < -0.39 is 0 Å². The lowest BCUT2D eigenvalue weighted by Crippen LogP contribution is -2.52. The smallest absolute Gasteiger partial charge is 0.254 e. The summed E-state index contributed by atoms with van der Waals surface area (Å²) < 4.78 is 5.47. The van der Waals surface area contributed by atoms with Crippen LogP contribution in [0.3, 0.4) is 0 Å². The third kappa shape index (κ3) is 3.14. The van der Waals surface area contributed by atoms with E-state index in [4.69, 9.17) is 4.74 Å². The Morgan fingerprint density at radius 3 is 2.95 bits per heavy atom. The molecule has 1 aliphatic heterocycles. The van der Waals surface area contributed by atoms with E-state index >= 15 is 0 Å². The normalized spacial score (nSPS) is 19.5. The Labute approximate surface area is 114 Å². The number of likely N-dealkylation sites (N-methyl/N-ethyl adjacent to an activating group) is 1. The van der Waals surface area contributed by atoms with Crippen LogP contribution in [0.2, 0.25) is 0 Å². The highest BCUT2D eigenvalue weighted by molar-refractivity contribution is 5.96. The number of nitrogens with zero attached hydrogens (tertiary/aromatic N) is 1. The largest absolute Gasteiger partial charge is 0.377 e. The molecule has 0 radical (unpaired) electrons. The van der Waals surface area contributed by atoms with E-state index in [-0.39, 0.29) is 11.9 Å². The average Bonchev–Trinajstić information content (AvgIpc) is 2.39. The summed E-state index contributed by atoms with van der Waals surface area (Å²) in [6, 6.07) is 6.10. The van der Waals surface area contributed by atoms with Crippen LogP contribution in [-0.2, 0) is 4.74 Å². The van der Waals surface area contributed by atoms with Crippen LogP contribution in [0.5, 0.6) is 0 Å². The summed E-state index contributed by atoms with van der Waals surface area (Å²) in [7, 11) is 1.90. The van der Waals surface area contributed by atoms with Crippen molar-refractivity contribution >= 4 is 5.91 Å². The number of morpholine rings is 1. The summed E-state index contributed by atoms with van der Waals surface area (Å²) in [5, 5.41) is 3.12. The lowest BCUT2D eigenvalue weighted by molar-refractivity contribution is -0.00102. The second-order valence-corrected chi connectivity index (χ2v) is 5.10. The van der Waals surface area contributed by atoms with Crippen molar-refractivity contribution in [3.05, 3.63) is 34.9 Å². The van der Waals surface area contributed by atoms with Gasteiger partial charge < -0.3 is 15.0 Å². The van der Waals surface area contributed by atoms with Gasteiger partial charge in [0.1, 0.15) is 0 Å². The number of aryl methyl sites for hydroxylation is 2. The van der Waals surface area contributed by atoms with E-state index in [1.807, 2.05) is 37.9 Å². The molecule has 1 amide bonds. The predicted octanol–water partition coefficient (Wildman–Crippen LogP) is 1.36. The topological polar surface area (TPSA) is 41.6 Å². The molecule has 104 valence electrons. The van der Waals surface area contributed by atoms with Crippen molar-refractivity contribution < 1.29 is 9.53 Å². The first kappa shape index (κ1) is 14.0. The lowest BCUT2D eigenvalue weighted by Gasteiger charge is -2.36. The molecule has 1 unspecified atom stereocenters. The van der Waals surface area contributed by atoms with Crippen LogP contribution in [0.15, 0.2) is 18.2 Å². The van der Waals surface area contributed by atoms with Gasteiger partial charge >= 0.3 is 0 Å². The van der Waals surface area contributed by atoms with Crippen LogP contribution in [0.4, 0.5) is 0 Å². The SMILES string of the molecule is CNCC1COCCN1C(=O)c1ccc(C)cc1C. The van der Waals surface area contributed by atoms with Crippen LogP contribution in [0, 0.1) is 13.8 Å². The molecule has 1 aliphatic rings. The minimum atomic E-state index is 0.112. The van der Waals surface area contributed by atoms with Gasteiger partial charge in [-0.05, 0) is 32.5 Å². The predicted molar refractivity (Wildman–Crippen MR) is 75.5 cm³/mol. The van der Waals surface area contributed by atoms with E-state index in [1.165, 1.54) is 5.56 Å². The molecule has 0 spiro atoms. The first-order chi connectivity index (χ1) is 9.13. The quantitative estimate of drug-likeness (QED) is 0.894. The van der Waals surface area contributed by atoms with Crippen LogP contribution < -0.4 is 5.32 Å². The number of carbonyl (C=O) groups is 1. The molecule has 1 aromatic carbocycles. The minimum Gasteiger partial charge on any atom is -0.377 e. The summed E-state index contributed by atoms with van der Waals surface area (Å²) in [6.45, 7) is 6.69. The highest BCUT2D eigenvalue weighted by Crippen LogP contribution is 2.16. The summed E-state index contributed by atoms with van der Waals surface area (Å²) in [5.74, 6) is 0.112. The number of amides is 1. The zero-order chi connectivity index (χ0) is 13.8. The number of hydrogen-bond acceptors (Lipinski definition) is 3. The Balaban J connectivity index is 2.21. The Kier molecular flexibility index (Phi) is 4.56. The van der Waals surface area contributed by atoms with Gasteiger partial charge in [0.25, 0.3) is 5.91 Å². The van der Waals surface area contributed by atoms with Crippen molar-refractivity contribution in [2.45, 2.75) is 19.9 Å². The summed E-state index contributed by atoms with van der Waals surface area (Å²) >= 11 is 0. The second kappa shape index (κ2) is 6.17. The van der Waals surface area contributed by atoms with Gasteiger partial charge in [0.2, 0.25) is 0 Å². The molecule has 1 aromatic rings. The third-order valence-corrected chi connectivity index (χ3v) is 3.54. The fourth-order valence-corrected chi connectivity index (χ4v) is 2.54. The summed E-state index contributed by atoms with van der Waals surface area (Å²) in [4.78, 5) is 14.6. The van der Waals surface area contributed by atoms with Crippen molar-refractivity contribution in [3.63, 3.8) is 0 Å². The summed E-state index contributed by atoms with van der Waals surface area (Å²) in [5.41, 5.74) is 3.02. The fourth-order valence-electron chi connectivity index (χ4n) is 2.54. The number of ether oxygens (including phenoxy) is 1. The molecule has 4 heteroatoms. The standard InChI is InChI=1S/C15H22N2O2/c1-11-4-5-14(12(2)8-11)15(18)17-6-7-19-10-13(17)9-16-3/h4-5,8,13,16H,6-7,9-10H2,1-3H3. The van der Waals surface area contributed by atoms with Gasteiger partial charge in [0.15, 0.2) is 0 Å². The molecular formula is C15H22N2O2. The first-order valence-electron chi connectivity index (χ1n) is 6.74. The Bertz CT molecular complexity index is 457. The summed E-state index contributed by atoms with van der Waals surface area (Å²) in [6.07, 6.45) is 0. The maximum absolute atomic E-state index is 12.7. The maximum atomic E-state index is 12.7. The van der Waals surface area contributed by atoms with Crippen molar-refractivity contribution in [1.82, 2.24) is 10.2 Å². The Hall–Kier alpha value is -1.39. The molecule has 1 N–H and O–H groups in total. The van der Waals surface area contributed by atoms with Crippen LogP contribution in [0.1, 0.15) is 21.5 Å². The van der Waals surface area contributed by atoms with Gasteiger partial charge in [-0.15, -0.1) is 0 Å². The van der Waals surface area contributed by atoms with E-state index in [0.29, 0.717) is 19.8 Å². The van der Waals surface area contributed by atoms with Gasteiger partial charge in [0.05, 0.1) is 19.3 Å². The zero-order valence-corrected chi connectivity index (χ0v) is 11.9. The molecule has 2 rings (SSSR count). The fraction of sp³-hybridized carbons (Fsp3) is 0.533. The number of carbonyl (C=O) groups excluding carboxylic acids is 1. The zero-order valence-electron chi connectivity index (χ0n) is 11.9. The molecule has 1 saturated heterocycles. The van der Waals surface area contributed by atoms with Crippen molar-refractivity contribution in [2.75, 3.05) is 33.4 Å². The van der Waals surface area contributed by atoms with Gasteiger partial charge in [0, 0.05) is 18.7 Å². The molecule has 1 fully saturated rings. The van der Waals surface area contributed by atoms with E-state index in [2.05, 4.69) is 11.4 Å². The molecule has 1 atom stereocenters. The molecule has 1 heterocycles. The van der Waals surface area contributed by atoms with Gasteiger partial charge in [-0.2, -0.15) is 0 Å². The van der Waals surface area contributed by atoms with Crippen molar-refractivity contribution in [3.8, 4) is 0 Å². The number of rotatable bonds is 3. The highest BCUT2D eigenvalue weighted by Gasteiger charge is 2.28. The lowest BCUT2D eigenvalue weighted by atomic mass is 10.0. The van der Waals surface area contributed by atoms with Crippen LogP contribution >= 0.6 is 0 Å². The Morgan fingerprint density at radius 1 is 1.47 bits per heavy atom. The second-order valence-electron chi connectivity index (χ2n) is 5.10. The molecule has 4 nitrogen and oxygen atoms in total. The highest BCUT2D eigenvalue weighted by atomic mass is 16.5. The molecule has 0 saturated carbocycles. The Morgan fingerprint density at radius 2 is 2.26 bits per heavy atom. The van der Waals surface area contributed by atoms with E-state index in [0.717, 1.165) is 17.7 Å². The van der Waals surface area contributed by atoms with Gasteiger partial charge in [-0.25, -0.2) is 0 Å². The third-order valence-electron chi connectivity index (χ3n) is 3.54. The molecule has 0 bridgehead atoms. The first-order valence-corrected chi connectivity index (χ1v) is 6.74. The molecular weight excluding hydrogens is 240 g/mol. The monoisotopic (exact) mass is 262 g/mol. The molecule has 19 heavy (non-hydrogen) atoms. The number of benzene rings is 1. The van der Waals surface area contributed by atoms with Crippen molar-refractivity contribution in [1.29, 1.82) is 0 Å². The maximum Gasteiger partial charge on any atom is 0.254 e. The average molecular weight is 262 g/mol. The van der Waals surface area contributed by atoms with Gasteiger partial charge in [-0.3, -0.25) is 4.79 Å². The molecule has 0 aromatic heterocycles. The van der Waals surface area contributed by atoms with Gasteiger partial charge in [-0.1, -0.05) is 17.7 Å². The van der Waals surface area contributed by atoms with Crippen molar-refractivity contribution in [2.24, 2.45) is 0 Å². The molecule has 0 aliphatic carbocycles. The number of hydrogen-bond donors (Lipinski definition) is 1.